The van der Waals surface area contributed by atoms with E-state index in [9.17, 15) is 8.42 Å². The summed E-state index contributed by atoms with van der Waals surface area (Å²) in [5.41, 5.74) is 0. The molecule has 1 saturated carbocycles. The molecular formula is C16H33IN4O2S. The molecule has 1 aliphatic heterocycles. The Morgan fingerprint density at radius 1 is 1.17 bits per heavy atom. The molecule has 2 rings (SSSR count). The van der Waals surface area contributed by atoms with E-state index >= 15 is 0 Å². The van der Waals surface area contributed by atoms with Crippen LogP contribution in [0.5, 0.6) is 0 Å². The summed E-state index contributed by atoms with van der Waals surface area (Å²) in [6.07, 6.45) is 5.44. The molecule has 142 valence electrons. The lowest BCUT2D eigenvalue weighted by atomic mass is 10.1. The molecule has 0 aromatic rings. The van der Waals surface area contributed by atoms with Crippen LogP contribution in [0.1, 0.15) is 52.9 Å². The van der Waals surface area contributed by atoms with Gasteiger partial charge in [0.05, 0.1) is 5.75 Å². The Labute approximate surface area is 164 Å². The van der Waals surface area contributed by atoms with Crippen molar-refractivity contribution in [3.05, 3.63) is 0 Å². The first-order chi connectivity index (χ1) is 11.0. The molecule has 0 bridgehead atoms. The Hall–Kier alpha value is -0.0900. The lowest BCUT2D eigenvalue weighted by Gasteiger charge is -2.32. The van der Waals surface area contributed by atoms with Gasteiger partial charge in [-0.25, -0.2) is 12.7 Å². The fraction of sp³-hybridized carbons (Fsp3) is 0.938. The molecule has 1 saturated heterocycles. The molecule has 2 fully saturated rings. The highest BCUT2D eigenvalue weighted by atomic mass is 127. The number of nitrogens with zero attached hydrogens (tertiary/aromatic N) is 2. The third-order valence-electron chi connectivity index (χ3n) is 4.77. The fourth-order valence-electron chi connectivity index (χ4n) is 3.24. The van der Waals surface area contributed by atoms with Gasteiger partial charge in [-0.05, 0) is 45.4 Å². The molecule has 0 spiro atoms. The molecule has 0 radical (unpaired) electrons. The highest BCUT2D eigenvalue weighted by Gasteiger charge is 2.37. The zero-order chi connectivity index (χ0) is 16.9. The van der Waals surface area contributed by atoms with E-state index in [-0.39, 0.29) is 29.7 Å². The molecule has 2 atom stereocenters. The van der Waals surface area contributed by atoms with E-state index in [4.69, 9.17) is 0 Å². The van der Waals surface area contributed by atoms with Crippen molar-refractivity contribution in [3.8, 4) is 0 Å². The van der Waals surface area contributed by atoms with Gasteiger partial charge in [-0.1, -0.05) is 13.3 Å². The molecule has 1 aliphatic carbocycles. The lowest BCUT2D eigenvalue weighted by molar-refractivity contribution is 0.306. The van der Waals surface area contributed by atoms with Gasteiger partial charge in [-0.2, -0.15) is 0 Å². The molecule has 1 heterocycles. The molecule has 0 amide bonds. The van der Waals surface area contributed by atoms with E-state index in [1.54, 1.807) is 11.2 Å². The minimum Gasteiger partial charge on any atom is -0.354 e. The molecule has 0 aromatic carbocycles. The van der Waals surface area contributed by atoms with Gasteiger partial charge in [0.15, 0.2) is 5.96 Å². The summed E-state index contributed by atoms with van der Waals surface area (Å²) in [5, 5.41) is 7.03. The van der Waals surface area contributed by atoms with Crippen molar-refractivity contribution in [2.24, 2.45) is 10.9 Å². The molecule has 0 aromatic heterocycles. The van der Waals surface area contributed by atoms with Crippen LogP contribution in [0.3, 0.4) is 0 Å². The Morgan fingerprint density at radius 3 is 2.38 bits per heavy atom. The van der Waals surface area contributed by atoms with Gasteiger partial charge in [-0.15, -0.1) is 24.0 Å². The van der Waals surface area contributed by atoms with Crippen LogP contribution < -0.4 is 10.6 Å². The van der Waals surface area contributed by atoms with Crippen molar-refractivity contribution in [1.29, 1.82) is 0 Å². The number of halogens is 1. The van der Waals surface area contributed by atoms with Gasteiger partial charge >= 0.3 is 0 Å². The number of sulfonamides is 1. The Kier molecular flexibility index (Phi) is 9.29. The van der Waals surface area contributed by atoms with Crippen molar-refractivity contribution >= 4 is 40.0 Å². The summed E-state index contributed by atoms with van der Waals surface area (Å²) >= 11 is 0. The summed E-state index contributed by atoms with van der Waals surface area (Å²) in [5.74, 6) is 1.88. The number of hydrogen-bond donors (Lipinski definition) is 2. The summed E-state index contributed by atoms with van der Waals surface area (Å²) in [6, 6.07) is 0.868. The summed E-state index contributed by atoms with van der Waals surface area (Å²) < 4.78 is 25.4. The van der Waals surface area contributed by atoms with Crippen LogP contribution in [0.4, 0.5) is 0 Å². The normalized spacial score (nSPS) is 25.9. The molecule has 2 unspecified atom stereocenters. The van der Waals surface area contributed by atoms with E-state index in [2.05, 4.69) is 22.5 Å². The van der Waals surface area contributed by atoms with Gasteiger partial charge in [0.25, 0.3) is 0 Å². The number of hydrogen-bond acceptors (Lipinski definition) is 3. The topological polar surface area (TPSA) is 73.8 Å². The van der Waals surface area contributed by atoms with Gasteiger partial charge < -0.3 is 10.6 Å². The highest BCUT2D eigenvalue weighted by Crippen LogP contribution is 2.34. The molecule has 6 nitrogen and oxygen atoms in total. The van der Waals surface area contributed by atoms with E-state index in [0.717, 1.165) is 31.3 Å². The van der Waals surface area contributed by atoms with Crippen LogP contribution in [-0.4, -0.2) is 56.2 Å². The van der Waals surface area contributed by atoms with Crippen molar-refractivity contribution in [1.82, 2.24) is 14.9 Å². The maximum atomic E-state index is 11.9. The predicted molar refractivity (Wildman–Crippen MR) is 111 cm³/mol. The van der Waals surface area contributed by atoms with Crippen LogP contribution in [0.15, 0.2) is 4.99 Å². The van der Waals surface area contributed by atoms with Gasteiger partial charge in [0.1, 0.15) is 0 Å². The van der Waals surface area contributed by atoms with E-state index < -0.39 is 10.0 Å². The van der Waals surface area contributed by atoms with Crippen molar-refractivity contribution in [3.63, 3.8) is 0 Å². The fourth-order valence-corrected chi connectivity index (χ4v) is 4.37. The average Bonchev–Trinajstić information content (AvgIpc) is 3.26. The number of nitrogens with one attached hydrogen (secondary N) is 2. The Morgan fingerprint density at radius 2 is 1.83 bits per heavy atom. The SMILES string of the molecule is CCCC1CC1NC(=NCC)NC1CCN(S(=O)(=O)CC)CC1.I. The van der Waals surface area contributed by atoms with Gasteiger partial charge in [-0.3, -0.25) is 4.99 Å². The standard InChI is InChI=1S/C16H32N4O2S.HI/c1-4-7-13-12-15(13)19-16(17-5-2)18-14-8-10-20(11-9-14)23(21,22)6-3;/h13-15H,4-12H2,1-3H3,(H2,17,18,19);1H. The maximum absolute atomic E-state index is 11.9. The van der Waals surface area contributed by atoms with Crippen LogP contribution in [0.2, 0.25) is 0 Å². The second kappa shape index (κ2) is 10.2. The minimum absolute atomic E-state index is 0. The van der Waals surface area contributed by atoms with Crippen molar-refractivity contribution in [2.75, 3.05) is 25.4 Å². The quantitative estimate of drug-likeness (QED) is 0.339. The number of rotatable bonds is 7. The highest BCUT2D eigenvalue weighted by molar-refractivity contribution is 14.0. The number of guanidine groups is 1. The smallest absolute Gasteiger partial charge is 0.213 e. The van der Waals surface area contributed by atoms with E-state index in [1.807, 2.05) is 6.92 Å². The van der Waals surface area contributed by atoms with Crippen LogP contribution in [-0.2, 0) is 10.0 Å². The van der Waals surface area contributed by atoms with E-state index in [0.29, 0.717) is 25.2 Å². The lowest BCUT2D eigenvalue weighted by Crippen LogP contribution is -2.50. The van der Waals surface area contributed by atoms with Crippen LogP contribution in [0.25, 0.3) is 0 Å². The zero-order valence-electron chi connectivity index (χ0n) is 15.1. The first-order valence-electron chi connectivity index (χ1n) is 9.05. The summed E-state index contributed by atoms with van der Waals surface area (Å²) in [7, 11) is -3.05. The largest absolute Gasteiger partial charge is 0.354 e. The molecule has 24 heavy (non-hydrogen) atoms. The molecule has 8 heteroatoms. The first kappa shape index (κ1) is 22.0. The third kappa shape index (κ3) is 6.33. The third-order valence-corrected chi connectivity index (χ3v) is 6.65. The Bertz CT molecular complexity index is 504. The van der Waals surface area contributed by atoms with Crippen LogP contribution in [0, 0.1) is 5.92 Å². The van der Waals surface area contributed by atoms with Crippen molar-refractivity contribution in [2.45, 2.75) is 65.0 Å². The first-order valence-corrected chi connectivity index (χ1v) is 10.7. The monoisotopic (exact) mass is 472 g/mol. The molecule has 2 N–H and O–H groups in total. The second-order valence-corrected chi connectivity index (χ2v) is 8.83. The number of aliphatic imine (C=N–C) groups is 1. The Balaban J connectivity index is 0.00000288. The minimum atomic E-state index is -3.05. The van der Waals surface area contributed by atoms with Gasteiger partial charge in [0, 0.05) is 31.7 Å². The van der Waals surface area contributed by atoms with E-state index in [1.165, 1.54) is 19.3 Å². The summed E-state index contributed by atoms with van der Waals surface area (Å²) in [4.78, 5) is 4.54. The zero-order valence-corrected chi connectivity index (χ0v) is 18.3. The van der Waals surface area contributed by atoms with Crippen LogP contribution >= 0.6 is 24.0 Å². The van der Waals surface area contributed by atoms with Crippen molar-refractivity contribution < 1.29 is 8.42 Å². The molecule has 2 aliphatic rings. The number of piperidine rings is 1. The second-order valence-electron chi connectivity index (χ2n) is 6.58. The predicted octanol–water partition coefficient (Wildman–Crippen LogP) is 2.16. The average molecular weight is 472 g/mol. The summed E-state index contributed by atoms with van der Waals surface area (Å²) in [6.45, 7) is 7.94. The molecular weight excluding hydrogens is 439 g/mol. The van der Waals surface area contributed by atoms with Gasteiger partial charge in [0.2, 0.25) is 10.0 Å². The maximum Gasteiger partial charge on any atom is 0.213 e.